The van der Waals surface area contributed by atoms with Crippen molar-refractivity contribution in [2.45, 2.75) is 92.0 Å². The standard InChI is InChI=1S/C27H38O9/c1-15(2)11-23(32)35-19-13-20-24(33-17(4)29)36-25(34-18(5)30)27(20)21(14-19)26(6,9-7-8-10-28)16(3)12-22(27)31/h7-8,10,13,15-16,19,21-22,24-25,31H,9,11-12,14H2,1-6H3/b8-7+/t16-,19+,21+,22+,24+,25-,26-,27-/m1/s1. The fourth-order valence-corrected chi connectivity index (χ4v) is 6.33. The highest BCUT2D eigenvalue weighted by Gasteiger charge is 2.71. The molecular weight excluding hydrogens is 468 g/mol. The molecule has 2 aliphatic carbocycles. The lowest BCUT2D eigenvalue weighted by Crippen LogP contribution is -2.63. The number of rotatable bonds is 8. The summed E-state index contributed by atoms with van der Waals surface area (Å²) in [6.07, 6.45) is 3.01. The number of esters is 3. The summed E-state index contributed by atoms with van der Waals surface area (Å²) >= 11 is 0. The molecule has 0 amide bonds. The number of ether oxygens (including phenoxy) is 4. The monoisotopic (exact) mass is 506 g/mol. The van der Waals surface area contributed by atoms with E-state index in [1.807, 2.05) is 20.8 Å². The van der Waals surface area contributed by atoms with Crippen LogP contribution in [0.2, 0.25) is 0 Å². The Balaban J connectivity index is 2.18. The van der Waals surface area contributed by atoms with E-state index < -0.39 is 53.5 Å². The molecule has 8 atom stereocenters. The van der Waals surface area contributed by atoms with Crippen molar-refractivity contribution in [1.82, 2.24) is 0 Å². The molecule has 1 saturated heterocycles. The molecule has 1 heterocycles. The van der Waals surface area contributed by atoms with Gasteiger partial charge in [0.1, 0.15) is 12.4 Å². The molecule has 1 N–H and O–H groups in total. The molecule has 0 aromatic heterocycles. The number of aliphatic hydroxyl groups is 1. The van der Waals surface area contributed by atoms with Gasteiger partial charge >= 0.3 is 17.9 Å². The second-order valence-electron chi connectivity index (χ2n) is 10.9. The van der Waals surface area contributed by atoms with Crippen LogP contribution in [0.15, 0.2) is 23.8 Å². The average Bonchev–Trinajstić information content (AvgIpc) is 3.04. The Morgan fingerprint density at radius 3 is 2.42 bits per heavy atom. The van der Waals surface area contributed by atoms with Crippen LogP contribution in [-0.4, -0.2) is 54.1 Å². The van der Waals surface area contributed by atoms with E-state index in [4.69, 9.17) is 18.9 Å². The lowest BCUT2D eigenvalue weighted by atomic mass is 9.45. The fourth-order valence-electron chi connectivity index (χ4n) is 6.33. The van der Waals surface area contributed by atoms with Gasteiger partial charge in [-0.1, -0.05) is 33.8 Å². The van der Waals surface area contributed by atoms with E-state index in [1.165, 1.54) is 19.9 Å². The molecule has 0 unspecified atom stereocenters. The van der Waals surface area contributed by atoms with Crippen molar-refractivity contribution in [3.8, 4) is 0 Å². The quantitative estimate of drug-likeness (QED) is 0.174. The molecular formula is C27H38O9. The Hall–Kier alpha value is -2.52. The zero-order valence-electron chi connectivity index (χ0n) is 21.9. The first kappa shape index (κ1) is 28.1. The lowest BCUT2D eigenvalue weighted by molar-refractivity contribution is -0.254. The summed E-state index contributed by atoms with van der Waals surface area (Å²) in [4.78, 5) is 47.7. The summed E-state index contributed by atoms with van der Waals surface area (Å²) in [5.74, 6) is -1.86. The number of carbonyl (C=O) groups excluding carboxylic acids is 4. The first-order valence-corrected chi connectivity index (χ1v) is 12.6. The van der Waals surface area contributed by atoms with Gasteiger partial charge in [0.15, 0.2) is 0 Å². The lowest BCUT2D eigenvalue weighted by Gasteiger charge is -2.60. The third kappa shape index (κ3) is 5.13. The number of allylic oxidation sites excluding steroid dienone is 2. The summed E-state index contributed by atoms with van der Waals surface area (Å²) in [5, 5.41) is 11.6. The van der Waals surface area contributed by atoms with Gasteiger partial charge in [0.2, 0.25) is 12.6 Å². The van der Waals surface area contributed by atoms with Gasteiger partial charge in [-0.3, -0.25) is 23.9 Å². The molecule has 0 aromatic rings. The molecule has 0 radical (unpaired) electrons. The minimum absolute atomic E-state index is 0.00320. The Kier molecular flexibility index (Phi) is 8.45. The van der Waals surface area contributed by atoms with Crippen molar-refractivity contribution in [2.24, 2.45) is 28.6 Å². The SMILES string of the molecule is CC(=O)O[C@H]1O[C@@H](OC(C)=O)[C@]23C1=C[C@H](OC(=O)CC(C)C)C[C@H]2[C@](C)(C/C=C/C=O)[C@H](C)C[C@@H]3O. The van der Waals surface area contributed by atoms with Gasteiger partial charge in [-0.15, -0.1) is 0 Å². The third-order valence-electron chi connectivity index (χ3n) is 8.03. The first-order valence-electron chi connectivity index (χ1n) is 12.6. The summed E-state index contributed by atoms with van der Waals surface area (Å²) in [5.41, 5.74) is -1.29. The summed E-state index contributed by atoms with van der Waals surface area (Å²) in [7, 11) is 0. The third-order valence-corrected chi connectivity index (χ3v) is 8.03. The van der Waals surface area contributed by atoms with E-state index in [9.17, 15) is 24.3 Å². The van der Waals surface area contributed by atoms with Gasteiger partial charge < -0.3 is 19.3 Å². The van der Waals surface area contributed by atoms with Crippen LogP contribution in [0.25, 0.3) is 0 Å². The normalized spacial score (nSPS) is 37.6. The second-order valence-corrected chi connectivity index (χ2v) is 10.9. The highest BCUT2D eigenvalue weighted by Crippen LogP contribution is 2.67. The zero-order valence-corrected chi connectivity index (χ0v) is 21.9. The predicted octanol–water partition coefficient (Wildman–Crippen LogP) is 3.24. The number of hydrogen-bond donors (Lipinski definition) is 1. The minimum Gasteiger partial charge on any atom is -0.458 e. The minimum atomic E-state index is -1.22. The van der Waals surface area contributed by atoms with Crippen LogP contribution in [0.3, 0.4) is 0 Å². The molecule has 9 heteroatoms. The van der Waals surface area contributed by atoms with Gasteiger partial charge in [-0.05, 0) is 54.6 Å². The number of aliphatic hydroxyl groups excluding tert-OH is 1. The molecule has 2 fully saturated rings. The second kappa shape index (κ2) is 10.8. The fraction of sp³-hybridized carbons (Fsp3) is 0.704. The van der Waals surface area contributed by atoms with Crippen LogP contribution < -0.4 is 0 Å². The predicted molar refractivity (Wildman–Crippen MR) is 128 cm³/mol. The van der Waals surface area contributed by atoms with Crippen LogP contribution in [0, 0.1) is 28.6 Å². The molecule has 3 rings (SSSR count). The van der Waals surface area contributed by atoms with E-state index in [2.05, 4.69) is 6.92 Å². The van der Waals surface area contributed by atoms with Crippen LogP contribution in [-0.2, 0) is 38.1 Å². The molecule has 36 heavy (non-hydrogen) atoms. The Bertz CT molecular complexity index is 938. The molecule has 0 aromatic carbocycles. The molecule has 0 bridgehead atoms. The highest BCUT2D eigenvalue weighted by molar-refractivity contribution is 5.70. The van der Waals surface area contributed by atoms with Gasteiger partial charge in [0.25, 0.3) is 0 Å². The van der Waals surface area contributed by atoms with E-state index in [0.717, 1.165) is 0 Å². The maximum atomic E-state index is 12.6. The van der Waals surface area contributed by atoms with Crippen molar-refractivity contribution < 1.29 is 43.2 Å². The topological polar surface area (TPSA) is 125 Å². The number of carbonyl (C=O) groups is 4. The Morgan fingerprint density at radius 2 is 1.83 bits per heavy atom. The summed E-state index contributed by atoms with van der Waals surface area (Å²) in [6, 6.07) is 0. The molecule has 1 saturated carbocycles. The first-order chi connectivity index (χ1) is 16.9. The molecule has 3 aliphatic rings. The van der Waals surface area contributed by atoms with Gasteiger partial charge in [0, 0.05) is 25.8 Å². The summed E-state index contributed by atoms with van der Waals surface area (Å²) < 4.78 is 22.9. The van der Waals surface area contributed by atoms with Crippen molar-refractivity contribution in [1.29, 1.82) is 0 Å². The van der Waals surface area contributed by atoms with E-state index in [0.29, 0.717) is 31.1 Å². The molecule has 1 aliphatic heterocycles. The van der Waals surface area contributed by atoms with Crippen LogP contribution in [0.1, 0.15) is 67.2 Å². The zero-order chi connectivity index (χ0) is 26.8. The smallest absolute Gasteiger partial charge is 0.306 e. The van der Waals surface area contributed by atoms with Crippen molar-refractivity contribution in [3.63, 3.8) is 0 Å². The number of aldehydes is 1. The van der Waals surface area contributed by atoms with Crippen molar-refractivity contribution in [3.05, 3.63) is 23.8 Å². The summed E-state index contributed by atoms with van der Waals surface area (Å²) in [6.45, 7) is 10.4. The van der Waals surface area contributed by atoms with E-state index in [1.54, 1.807) is 12.2 Å². The highest BCUT2D eigenvalue weighted by atomic mass is 16.8. The average molecular weight is 507 g/mol. The number of hydrogen-bond acceptors (Lipinski definition) is 9. The van der Waals surface area contributed by atoms with Crippen LogP contribution in [0.5, 0.6) is 0 Å². The van der Waals surface area contributed by atoms with Crippen LogP contribution in [0.4, 0.5) is 0 Å². The Labute approximate surface area is 212 Å². The maximum absolute atomic E-state index is 12.6. The van der Waals surface area contributed by atoms with Crippen LogP contribution >= 0.6 is 0 Å². The van der Waals surface area contributed by atoms with Gasteiger partial charge in [-0.25, -0.2) is 0 Å². The molecule has 1 spiro atoms. The van der Waals surface area contributed by atoms with Crippen molar-refractivity contribution >= 4 is 24.2 Å². The molecule has 200 valence electrons. The Morgan fingerprint density at radius 1 is 1.17 bits per heavy atom. The van der Waals surface area contributed by atoms with Gasteiger partial charge in [-0.2, -0.15) is 0 Å². The van der Waals surface area contributed by atoms with E-state index in [-0.39, 0.29) is 24.2 Å². The van der Waals surface area contributed by atoms with Gasteiger partial charge in [0.05, 0.1) is 11.5 Å². The maximum Gasteiger partial charge on any atom is 0.306 e. The van der Waals surface area contributed by atoms with Crippen molar-refractivity contribution in [2.75, 3.05) is 0 Å². The largest absolute Gasteiger partial charge is 0.458 e. The van der Waals surface area contributed by atoms with E-state index >= 15 is 0 Å². The molecule has 9 nitrogen and oxygen atoms in total.